The molecule has 0 spiro atoms. The highest BCUT2D eigenvalue weighted by Gasteiger charge is 2.26. The van der Waals surface area contributed by atoms with E-state index in [2.05, 4.69) is 19.8 Å². The van der Waals surface area contributed by atoms with Crippen LogP contribution in [0.3, 0.4) is 0 Å². The van der Waals surface area contributed by atoms with Gasteiger partial charge >= 0.3 is 0 Å². The number of hydrogen-bond donors (Lipinski definition) is 1. The van der Waals surface area contributed by atoms with Crippen molar-refractivity contribution >= 4 is 34.2 Å². The second kappa shape index (κ2) is 13.5. The van der Waals surface area contributed by atoms with Crippen molar-refractivity contribution in [3.05, 3.63) is 113 Å². The summed E-state index contributed by atoms with van der Waals surface area (Å²) in [6.07, 6.45) is 6.35. The van der Waals surface area contributed by atoms with Gasteiger partial charge in [0.15, 0.2) is 0 Å². The minimum absolute atomic E-state index is 0.0867. The molecule has 0 bridgehead atoms. The zero-order valence-corrected chi connectivity index (χ0v) is 26.0. The molecule has 3 aromatic heterocycles. The minimum Gasteiger partial charge on any atom is -0.473 e. The number of fused-ring (bicyclic) bond motifs is 1. The standard InChI is InChI=1S/C35H34ClFN6O3/c36-26-5-4-25(29(37)18-26)22-46-34-3-1-2-30(41-34)23-10-15-42(16-11-23)21-33-40-31-19-27(39-35(44)24-8-13-38-14-9-24)6-7-32(31)43(33)20-28-12-17-45-28/h1-9,13-14,18-19,23,28H,10-12,15-17,20-22H2,(H,39,44)/t28-/m0/s1. The van der Waals surface area contributed by atoms with Crippen molar-refractivity contribution in [3.8, 4) is 5.88 Å². The van der Waals surface area contributed by atoms with Gasteiger partial charge in [0, 0.05) is 58.5 Å². The molecule has 2 aromatic carbocycles. The maximum atomic E-state index is 14.2. The molecule has 236 valence electrons. The highest BCUT2D eigenvalue weighted by Crippen LogP contribution is 2.30. The van der Waals surface area contributed by atoms with Gasteiger partial charge in [-0.1, -0.05) is 23.7 Å². The van der Waals surface area contributed by atoms with Crippen LogP contribution in [0.2, 0.25) is 5.02 Å². The first-order valence-electron chi connectivity index (χ1n) is 15.6. The number of piperidine rings is 1. The summed E-state index contributed by atoms with van der Waals surface area (Å²) in [5.41, 5.74) is 4.55. The molecule has 2 fully saturated rings. The van der Waals surface area contributed by atoms with E-state index in [1.807, 2.05) is 30.3 Å². The Morgan fingerprint density at radius 1 is 1.02 bits per heavy atom. The van der Waals surface area contributed by atoms with E-state index in [-0.39, 0.29) is 18.6 Å². The Hall–Kier alpha value is -4.38. The molecule has 1 N–H and O–H groups in total. The van der Waals surface area contributed by atoms with Gasteiger partial charge in [-0.15, -0.1) is 0 Å². The summed E-state index contributed by atoms with van der Waals surface area (Å²) in [5.74, 6) is 1.20. The Balaban J connectivity index is 1.01. The molecule has 2 aliphatic rings. The third-order valence-electron chi connectivity index (χ3n) is 8.71. The number of rotatable bonds is 10. The van der Waals surface area contributed by atoms with E-state index in [9.17, 15) is 9.18 Å². The van der Waals surface area contributed by atoms with Gasteiger partial charge in [0.25, 0.3) is 5.91 Å². The molecule has 2 aliphatic heterocycles. The molecule has 0 radical (unpaired) electrons. The van der Waals surface area contributed by atoms with E-state index in [1.165, 1.54) is 6.07 Å². The monoisotopic (exact) mass is 640 g/mol. The molecule has 1 atom stereocenters. The van der Waals surface area contributed by atoms with E-state index in [4.69, 9.17) is 31.0 Å². The Morgan fingerprint density at radius 2 is 1.85 bits per heavy atom. The fourth-order valence-corrected chi connectivity index (χ4v) is 6.20. The van der Waals surface area contributed by atoms with Crippen molar-refractivity contribution in [2.45, 2.75) is 51.0 Å². The van der Waals surface area contributed by atoms with Crippen LogP contribution in [0.4, 0.5) is 10.1 Å². The third-order valence-corrected chi connectivity index (χ3v) is 8.95. The zero-order chi connectivity index (χ0) is 31.5. The number of aromatic nitrogens is 4. The van der Waals surface area contributed by atoms with Gasteiger partial charge in [-0.05, 0) is 80.9 Å². The predicted octanol–water partition coefficient (Wildman–Crippen LogP) is 6.62. The number of benzene rings is 2. The molecule has 5 aromatic rings. The maximum absolute atomic E-state index is 14.2. The smallest absolute Gasteiger partial charge is 0.255 e. The van der Waals surface area contributed by atoms with Crippen LogP contribution in [0.15, 0.2) is 79.1 Å². The number of imidazole rings is 1. The van der Waals surface area contributed by atoms with Crippen LogP contribution in [0.5, 0.6) is 5.88 Å². The average Bonchev–Trinajstić information content (AvgIpc) is 3.38. The first kappa shape index (κ1) is 30.3. The van der Waals surface area contributed by atoms with Crippen LogP contribution < -0.4 is 10.1 Å². The largest absolute Gasteiger partial charge is 0.473 e. The first-order chi connectivity index (χ1) is 22.5. The summed E-state index contributed by atoms with van der Waals surface area (Å²) < 4.78 is 28.1. The van der Waals surface area contributed by atoms with E-state index in [0.29, 0.717) is 33.6 Å². The predicted molar refractivity (Wildman–Crippen MR) is 174 cm³/mol. The molecule has 0 unspecified atom stereocenters. The molecular weight excluding hydrogens is 607 g/mol. The zero-order valence-electron chi connectivity index (χ0n) is 25.2. The first-order valence-corrected chi connectivity index (χ1v) is 15.9. The molecular formula is C35H34ClFN6O3. The molecule has 0 saturated carbocycles. The van der Waals surface area contributed by atoms with Crippen LogP contribution in [-0.4, -0.2) is 56.1 Å². The number of nitrogens with one attached hydrogen (secondary N) is 1. The number of anilines is 1. The molecule has 1 amide bonds. The fourth-order valence-electron chi connectivity index (χ4n) is 6.04. The van der Waals surface area contributed by atoms with Crippen molar-refractivity contribution in [3.63, 3.8) is 0 Å². The normalized spacial score (nSPS) is 17.1. The number of ether oxygens (including phenoxy) is 2. The molecule has 5 heterocycles. The van der Waals surface area contributed by atoms with Gasteiger partial charge in [0.05, 0.1) is 30.2 Å². The second-order valence-electron chi connectivity index (χ2n) is 11.8. The fraction of sp³-hybridized carbons (Fsp3) is 0.314. The van der Waals surface area contributed by atoms with Gasteiger partial charge in [-0.25, -0.2) is 14.4 Å². The van der Waals surface area contributed by atoms with Crippen molar-refractivity contribution in [1.82, 2.24) is 24.4 Å². The molecule has 46 heavy (non-hydrogen) atoms. The minimum atomic E-state index is -0.391. The van der Waals surface area contributed by atoms with Gasteiger partial charge in [-0.3, -0.25) is 14.7 Å². The molecule has 11 heteroatoms. The van der Waals surface area contributed by atoms with Crippen LogP contribution in [-0.2, 0) is 24.4 Å². The lowest BCUT2D eigenvalue weighted by Gasteiger charge is -2.32. The number of carbonyl (C=O) groups excluding carboxylic acids is 1. The third kappa shape index (κ3) is 6.89. The quantitative estimate of drug-likeness (QED) is 0.183. The maximum Gasteiger partial charge on any atom is 0.255 e. The van der Waals surface area contributed by atoms with Crippen LogP contribution in [0.1, 0.15) is 52.6 Å². The van der Waals surface area contributed by atoms with Crippen molar-refractivity contribution in [2.75, 3.05) is 25.0 Å². The van der Waals surface area contributed by atoms with E-state index < -0.39 is 5.82 Å². The summed E-state index contributed by atoms with van der Waals surface area (Å²) in [6.45, 7) is 4.16. The number of nitrogens with zero attached hydrogens (tertiary/aromatic N) is 5. The Morgan fingerprint density at radius 3 is 2.61 bits per heavy atom. The van der Waals surface area contributed by atoms with Crippen LogP contribution >= 0.6 is 11.6 Å². The van der Waals surface area contributed by atoms with Crippen LogP contribution in [0.25, 0.3) is 11.0 Å². The van der Waals surface area contributed by atoms with E-state index in [1.54, 1.807) is 42.7 Å². The summed E-state index contributed by atoms with van der Waals surface area (Å²) in [5, 5.41) is 3.34. The summed E-state index contributed by atoms with van der Waals surface area (Å²) in [7, 11) is 0. The SMILES string of the molecule is O=C(Nc1ccc2c(c1)nc(CN1CCC(c3cccc(OCc4ccc(Cl)cc4F)n3)CC1)n2C[C@@H]1CCO1)c1ccncc1. The number of likely N-dealkylation sites (tertiary alicyclic amines) is 1. The number of amides is 1. The number of hydrogen-bond acceptors (Lipinski definition) is 7. The molecule has 9 nitrogen and oxygen atoms in total. The summed E-state index contributed by atoms with van der Waals surface area (Å²) in [4.78, 5) is 28.9. The van der Waals surface area contributed by atoms with Gasteiger partial charge in [0.1, 0.15) is 18.2 Å². The van der Waals surface area contributed by atoms with Crippen molar-refractivity contribution in [2.24, 2.45) is 0 Å². The summed E-state index contributed by atoms with van der Waals surface area (Å²) >= 11 is 5.87. The topological polar surface area (TPSA) is 94.4 Å². The Kier molecular flexibility index (Phi) is 8.91. The van der Waals surface area contributed by atoms with Gasteiger partial charge in [-0.2, -0.15) is 0 Å². The Labute approximate surface area is 271 Å². The number of halogens is 2. The lowest BCUT2D eigenvalue weighted by molar-refractivity contribution is -0.0592. The van der Waals surface area contributed by atoms with E-state index in [0.717, 1.165) is 74.6 Å². The molecule has 0 aliphatic carbocycles. The molecule has 2 saturated heterocycles. The lowest BCUT2D eigenvalue weighted by atomic mass is 9.93. The number of carbonyl (C=O) groups is 1. The van der Waals surface area contributed by atoms with Gasteiger partial charge in [0.2, 0.25) is 5.88 Å². The Bertz CT molecular complexity index is 1840. The van der Waals surface area contributed by atoms with Gasteiger partial charge < -0.3 is 19.4 Å². The lowest BCUT2D eigenvalue weighted by Crippen LogP contribution is -2.35. The average molecular weight is 641 g/mol. The number of pyridine rings is 2. The van der Waals surface area contributed by atoms with E-state index >= 15 is 0 Å². The second-order valence-corrected chi connectivity index (χ2v) is 12.2. The molecule has 7 rings (SSSR count). The highest BCUT2D eigenvalue weighted by molar-refractivity contribution is 6.30. The van der Waals surface area contributed by atoms with Crippen molar-refractivity contribution < 1.29 is 18.7 Å². The summed E-state index contributed by atoms with van der Waals surface area (Å²) in [6, 6.07) is 19.6. The van der Waals surface area contributed by atoms with Crippen LogP contribution in [0, 0.1) is 5.82 Å². The highest BCUT2D eigenvalue weighted by atomic mass is 35.5. The van der Waals surface area contributed by atoms with Crippen molar-refractivity contribution in [1.29, 1.82) is 0 Å².